The zero-order valence-electron chi connectivity index (χ0n) is 15.0. The number of aliphatic hydroxyl groups is 3. The molecule has 0 aromatic rings. The van der Waals surface area contributed by atoms with Gasteiger partial charge in [0.05, 0.1) is 12.6 Å². The van der Waals surface area contributed by atoms with Crippen molar-refractivity contribution in [2.75, 3.05) is 39.4 Å². The van der Waals surface area contributed by atoms with Crippen LogP contribution in [0.15, 0.2) is 0 Å². The van der Waals surface area contributed by atoms with Gasteiger partial charge >= 0.3 is 0 Å². The quantitative estimate of drug-likeness (QED) is 0.420. The molecule has 0 aliphatic carbocycles. The van der Waals surface area contributed by atoms with Crippen LogP contribution in [0.5, 0.6) is 0 Å². The van der Waals surface area contributed by atoms with Gasteiger partial charge in [0, 0.05) is 39.7 Å². The highest BCUT2D eigenvalue weighted by molar-refractivity contribution is 5.81. The lowest BCUT2D eigenvalue weighted by molar-refractivity contribution is -0.138. The van der Waals surface area contributed by atoms with Crippen molar-refractivity contribution in [3.63, 3.8) is 0 Å². The molecule has 0 aromatic heterocycles. The minimum absolute atomic E-state index is 0.110. The lowest BCUT2D eigenvalue weighted by atomic mass is 10.1. The number of rotatable bonds is 1. The van der Waals surface area contributed by atoms with Crippen LogP contribution in [-0.2, 0) is 14.3 Å². The highest BCUT2D eigenvalue weighted by atomic mass is 16.5. The van der Waals surface area contributed by atoms with Crippen LogP contribution in [0, 0.1) is 0 Å². The summed E-state index contributed by atoms with van der Waals surface area (Å²) in [7, 11) is 0. The molecule has 2 amide bonds. The first-order valence-corrected chi connectivity index (χ1v) is 8.65. The highest BCUT2D eigenvalue weighted by Gasteiger charge is 2.28. The molecule has 1 aliphatic rings. The van der Waals surface area contributed by atoms with Crippen molar-refractivity contribution in [2.24, 2.45) is 5.73 Å². The summed E-state index contributed by atoms with van der Waals surface area (Å²) in [6.07, 6.45) is -2.61. The number of carbonyl (C=O) groups excluding carboxylic acids is 2. The summed E-state index contributed by atoms with van der Waals surface area (Å²) in [5.74, 6) is -0.496. The number of nitrogens with two attached hydrogens (primary N) is 1. The molecule has 0 radical (unpaired) electrons. The van der Waals surface area contributed by atoms with Crippen LogP contribution in [0.4, 0.5) is 0 Å². The summed E-state index contributed by atoms with van der Waals surface area (Å²) >= 11 is 0. The second kappa shape index (κ2) is 10.7. The Morgan fingerprint density at radius 2 is 1.72 bits per heavy atom. The van der Waals surface area contributed by atoms with Crippen molar-refractivity contribution >= 4 is 11.8 Å². The lowest BCUT2D eigenvalue weighted by Crippen LogP contribution is -2.50. The number of hydrogen-bond acceptors (Lipinski definition) is 7. The van der Waals surface area contributed by atoms with Gasteiger partial charge in [-0.15, -0.1) is 0 Å². The summed E-state index contributed by atoms with van der Waals surface area (Å²) in [6.45, 7) is 4.06. The summed E-state index contributed by atoms with van der Waals surface area (Å²) in [5.41, 5.74) is 5.68. The topological polar surface area (TPSA) is 137 Å². The van der Waals surface area contributed by atoms with E-state index in [2.05, 4.69) is 0 Å². The Hall–Kier alpha value is -1.26. The van der Waals surface area contributed by atoms with Crippen LogP contribution in [0.2, 0.25) is 0 Å². The first kappa shape index (κ1) is 21.8. The molecule has 0 bridgehead atoms. The van der Waals surface area contributed by atoms with E-state index in [1.54, 1.807) is 11.8 Å². The van der Waals surface area contributed by atoms with Gasteiger partial charge in [-0.3, -0.25) is 9.59 Å². The molecule has 0 saturated carbocycles. The maximum Gasteiger partial charge on any atom is 0.239 e. The molecule has 5 N–H and O–H groups in total. The third kappa shape index (κ3) is 7.25. The predicted molar refractivity (Wildman–Crippen MR) is 90.6 cm³/mol. The number of aliphatic hydroxyl groups excluding tert-OH is 3. The second-order valence-corrected chi connectivity index (χ2v) is 6.49. The van der Waals surface area contributed by atoms with Crippen LogP contribution >= 0.6 is 0 Å². The Labute approximate surface area is 148 Å². The Kier molecular flexibility index (Phi) is 9.30. The van der Waals surface area contributed by atoms with E-state index in [9.17, 15) is 24.9 Å². The van der Waals surface area contributed by atoms with Gasteiger partial charge in [0.1, 0.15) is 18.3 Å². The van der Waals surface area contributed by atoms with Crippen molar-refractivity contribution in [3.05, 3.63) is 0 Å². The maximum atomic E-state index is 12.2. The standard InChI is InChI=1S/C16H31N3O6/c1-11(17)16(24)18-5-3-4-8-25-10-14(22)15(23)13(21)9-19(7-6-18)12(2)20/h11,13-15,21-23H,3-10,17H2,1-2H3/t11-,13-,14+,15+/m0/s1. The number of carbonyl (C=O) groups is 2. The summed E-state index contributed by atoms with van der Waals surface area (Å²) in [5, 5.41) is 29.9. The van der Waals surface area contributed by atoms with E-state index in [1.165, 1.54) is 11.8 Å². The van der Waals surface area contributed by atoms with Gasteiger partial charge in [-0.05, 0) is 19.8 Å². The van der Waals surface area contributed by atoms with Crippen LogP contribution < -0.4 is 5.73 Å². The van der Waals surface area contributed by atoms with Crippen LogP contribution in [0.1, 0.15) is 26.7 Å². The molecule has 1 heterocycles. The smallest absolute Gasteiger partial charge is 0.239 e. The molecule has 146 valence electrons. The number of hydrogen-bond donors (Lipinski definition) is 4. The summed E-state index contributed by atoms with van der Waals surface area (Å²) < 4.78 is 5.30. The molecular weight excluding hydrogens is 330 g/mol. The van der Waals surface area contributed by atoms with Gasteiger partial charge in [-0.2, -0.15) is 0 Å². The zero-order chi connectivity index (χ0) is 19.0. The van der Waals surface area contributed by atoms with Crippen molar-refractivity contribution < 1.29 is 29.6 Å². The van der Waals surface area contributed by atoms with E-state index in [4.69, 9.17) is 10.5 Å². The minimum Gasteiger partial charge on any atom is -0.388 e. The van der Waals surface area contributed by atoms with Gasteiger partial charge in [0.2, 0.25) is 11.8 Å². The minimum atomic E-state index is -1.42. The third-order valence-corrected chi connectivity index (χ3v) is 4.24. The molecular formula is C16H31N3O6. The summed E-state index contributed by atoms with van der Waals surface area (Å²) in [4.78, 5) is 27.0. The second-order valence-electron chi connectivity index (χ2n) is 6.49. The number of nitrogens with zero attached hydrogens (tertiary/aromatic N) is 2. The predicted octanol–water partition coefficient (Wildman–Crippen LogP) is -2.10. The van der Waals surface area contributed by atoms with Crippen LogP contribution in [0.25, 0.3) is 0 Å². The fourth-order valence-corrected chi connectivity index (χ4v) is 2.64. The van der Waals surface area contributed by atoms with Crippen molar-refractivity contribution in [2.45, 2.75) is 51.0 Å². The first-order valence-electron chi connectivity index (χ1n) is 8.65. The van der Waals surface area contributed by atoms with Gasteiger partial charge in [-0.25, -0.2) is 0 Å². The number of β-amino-alcohol motifs (C(OH)–C–C–N with tert-alkyl or cyclic N) is 1. The molecule has 9 heteroatoms. The number of ether oxygens (including phenoxy) is 1. The van der Waals surface area contributed by atoms with E-state index >= 15 is 0 Å². The van der Waals surface area contributed by atoms with Gasteiger partial charge in [-0.1, -0.05) is 0 Å². The van der Waals surface area contributed by atoms with Crippen molar-refractivity contribution in [3.8, 4) is 0 Å². The Morgan fingerprint density at radius 1 is 1.08 bits per heavy atom. The Morgan fingerprint density at radius 3 is 2.32 bits per heavy atom. The van der Waals surface area contributed by atoms with Gasteiger partial charge in [0.15, 0.2) is 0 Å². The molecule has 1 fully saturated rings. The molecule has 9 nitrogen and oxygen atoms in total. The number of amides is 2. The molecule has 1 saturated heterocycles. The molecule has 1 aliphatic heterocycles. The lowest BCUT2D eigenvalue weighted by Gasteiger charge is -2.32. The average molecular weight is 361 g/mol. The van der Waals surface area contributed by atoms with Crippen LogP contribution in [-0.4, -0.2) is 101 Å². The third-order valence-electron chi connectivity index (χ3n) is 4.24. The fourth-order valence-electron chi connectivity index (χ4n) is 2.64. The Balaban J connectivity index is 2.84. The van der Waals surface area contributed by atoms with Gasteiger partial charge < -0.3 is 35.6 Å². The van der Waals surface area contributed by atoms with Crippen LogP contribution in [0.3, 0.4) is 0 Å². The molecule has 0 spiro atoms. The molecule has 1 rings (SSSR count). The maximum absolute atomic E-state index is 12.2. The molecule has 25 heavy (non-hydrogen) atoms. The normalized spacial score (nSPS) is 29.0. The molecule has 0 unspecified atom stereocenters. The van der Waals surface area contributed by atoms with E-state index in [0.29, 0.717) is 26.0 Å². The van der Waals surface area contributed by atoms with Crippen molar-refractivity contribution in [1.29, 1.82) is 0 Å². The largest absolute Gasteiger partial charge is 0.388 e. The van der Waals surface area contributed by atoms with E-state index in [0.717, 1.165) is 0 Å². The monoisotopic (exact) mass is 361 g/mol. The zero-order valence-corrected chi connectivity index (χ0v) is 15.0. The van der Waals surface area contributed by atoms with Crippen molar-refractivity contribution in [1.82, 2.24) is 9.80 Å². The van der Waals surface area contributed by atoms with Gasteiger partial charge in [0.25, 0.3) is 0 Å². The average Bonchev–Trinajstić information content (AvgIpc) is 2.56. The molecule has 0 aromatic carbocycles. The van der Waals surface area contributed by atoms with E-state index in [1.807, 2.05) is 0 Å². The highest BCUT2D eigenvalue weighted by Crippen LogP contribution is 2.07. The first-order chi connectivity index (χ1) is 11.7. The van der Waals surface area contributed by atoms with E-state index < -0.39 is 24.4 Å². The fraction of sp³-hybridized carbons (Fsp3) is 0.875. The van der Waals surface area contributed by atoms with E-state index in [-0.39, 0.29) is 38.1 Å². The summed E-state index contributed by atoms with van der Waals surface area (Å²) in [6, 6.07) is -0.636. The SMILES string of the molecule is CC(=O)N1CCN(C(=O)[C@H](C)N)CCCCOC[C@@H](O)[C@H](O)[C@@H](O)C1. The molecule has 4 atom stereocenters. The Bertz CT molecular complexity index is 434.